The van der Waals surface area contributed by atoms with Crippen LogP contribution in [0.1, 0.15) is 53.0 Å². The molecule has 2 aliphatic carbocycles. The van der Waals surface area contributed by atoms with E-state index in [1.54, 1.807) is 0 Å². The Hall–Kier alpha value is -2.91. The number of rotatable bonds is 10. The van der Waals surface area contributed by atoms with Crippen LogP contribution >= 0.6 is 0 Å². The topological polar surface area (TPSA) is 82.6 Å². The van der Waals surface area contributed by atoms with Gasteiger partial charge in [-0.15, -0.1) is 0 Å². The molecule has 9 heteroatoms. The molecule has 0 radical (unpaired) electrons. The van der Waals surface area contributed by atoms with Gasteiger partial charge in [0.15, 0.2) is 17.3 Å². The van der Waals surface area contributed by atoms with Crippen molar-refractivity contribution in [1.29, 1.82) is 0 Å². The highest BCUT2D eigenvalue weighted by Gasteiger charge is 2.50. The molecule has 0 aliphatic heterocycles. The van der Waals surface area contributed by atoms with E-state index in [4.69, 9.17) is 9.47 Å². The van der Waals surface area contributed by atoms with Crippen molar-refractivity contribution >= 4 is 17.3 Å². The number of hydrogen-bond donors (Lipinski definition) is 0. The molecule has 2 unspecified atom stereocenters. The molecule has 2 atom stereocenters. The van der Waals surface area contributed by atoms with Crippen LogP contribution in [0, 0.1) is 17.8 Å². The fourth-order valence-electron chi connectivity index (χ4n) is 4.71. The number of alkyl halides is 3. The lowest BCUT2D eigenvalue weighted by atomic mass is 9.75. The van der Waals surface area contributed by atoms with Gasteiger partial charge in [0.05, 0.1) is 18.9 Å². The average molecular weight is 489 g/mol. The van der Waals surface area contributed by atoms with Crippen LogP contribution in [0.4, 0.5) is 13.2 Å². The van der Waals surface area contributed by atoms with Gasteiger partial charge in [0, 0.05) is 30.6 Å². The van der Waals surface area contributed by atoms with Crippen LogP contribution < -0.4 is 0 Å². The summed E-state index contributed by atoms with van der Waals surface area (Å²) in [6, 6.07) is 11.3. The fraction of sp³-hybridized carbons (Fsp3) is 0.462. The van der Waals surface area contributed by atoms with Crippen LogP contribution in [-0.4, -0.2) is 35.5 Å². The molecule has 0 amide bonds. The second-order valence-corrected chi connectivity index (χ2v) is 8.94. The Morgan fingerprint density at radius 1 is 0.914 bits per heavy atom. The number of Topliss-reactive ketones (excluding diaryl/α,β-unsaturated/α-hetero) is 3. The molecule has 1 aromatic carbocycles. The maximum Gasteiger partial charge on any atom is 0.433 e. The van der Waals surface area contributed by atoms with Gasteiger partial charge in [-0.2, -0.15) is 13.2 Å². The predicted molar refractivity (Wildman–Crippen MR) is 118 cm³/mol. The molecule has 2 aliphatic rings. The van der Waals surface area contributed by atoms with E-state index in [0.717, 1.165) is 11.6 Å². The number of aromatic nitrogens is 1. The molecule has 2 saturated carbocycles. The zero-order chi connectivity index (χ0) is 25.0. The predicted octanol–water partition coefficient (Wildman–Crippen LogP) is 4.59. The normalized spacial score (nSPS) is 22.0. The molecule has 35 heavy (non-hydrogen) atoms. The number of hydrogen-bond acceptors (Lipinski definition) is 6. The van der Waals surface area contributed by atoms with Crippen LogP contribution in [0.5, 0.6) is 0 Å². The monoisotopic (exact) mass is 489 g/mol. The number of carbonyl (C=O) groups excluding carboxylic acids is 3. The molecule has 0 spiro atoms. The summed E-state index contributed by atoms with van der Waals surface area (Å²) in [7, 11) is 0. The van der Waals surface area contributed by atoms with Crippen molar-refractivity contribution in [2.45, 2.75) is 45.1 Å². The molecule has 1 aromatic heterocycles. The van der Waals surface area contributed by atoms with E-state index in [1.165, 1.54) is 0 Å². The van der Waals surface area contributed by atoms with Gasteiger partial charge in [-0.05, 0) is 43.4 Å². The van der Waals surface area contributed by atoms with Crippen molar-refractivity contribution in [2.24, 2.45) is 17.8 Å². The van der Waals surface area contributed by atoms with Crippen LogP contribution in [-0.2, 0) is 38.5 Å². The van der Waals surface area contributed by atoms with E-state index < -0.39 is 35.1 Å². The Balaban J connectivity index is 1.40. The van der Waals surface area contributed by atoms with Crippen LogP contribution in [0.2, 0.25) is 0 Å². The smallest absolute Gasteiger partial charge is 0.377 e. The van der Waals surface area contributed by atoms with Crippen LogP contribution in [0.15, 0.2) is 42.5 Å². The first-order chi connectivity index (χ1) is 16.8. The minimum Gasteiger partial charge on any atom is -0.377 e. The van der Waals surface area contributed by atoms with Crippen LogP contribution in [0.25, 0.3) is 0 Å². The molecule has 0 N–H and O–H groups in total. The molecule has 4 rings (SSSR count). The number of nitrogens with zero attached hydrogens (tertiary/aromatic N) is 1. The summed E-state index contributed by atoms with van der Waals surface area (Å²) in [5.74, 6) is -3.81. The zero-order valence-electron chi connectivity index (χ0n) is 19.1. The molecular weight excluding hydrogens is 463 g/mol. The highest BCUT2D eigenvalue weighted by atomic mass is 19.4. The van der Waals surface area contributed by atoms with Gasteiger partial charge in [-0.25, -0.2) is 4.98 Å². The Labute approximate surface area is 200 Å². The maximum atomic E-state index is 13.2. The van der Waals surface area contributed by atoms with Gasteiger partial charge in [0.25, 0.3) is 0 Å². The molecule has 186 valence electrons. The first-order valence-electron chi connectivity index (χ1n) is 11.6. The first-order valence-corrected chi connectivity index (χ1v) is 11.6. The minimum absolute atomic E-state index is 0.172. The number of benzene rings is 1. The summed E-state index contributed by atoms with van der Waals surface area (Å²) in [5.41, 5.74) is -0.551. The molecule has 1 heterocycles. The number of pyridine rings is 1. The number of carbonyl (C=O) groups is 3. The summed E-state index contributed by atoms with van der Waals surface area (Å²) >= 11 is 0. The maximum absolute atomic E-state index is 13.2. The highest BCUT2D eigenvalue weighted by molar-refractivity contribution is 6.26. The Bertz CT molecular complexity index is 1060. The number of fused-ring (bicyclic) bond motifs is 2. The molecule has 2 bridgehead atoms. The molecule has 2 fully saturated rings. The highest BCUT2D eigenvalue weighted by Crippen LogP contribution is 2.41. The van der Waals surface area contributed by atoms with Gasteiger partial charge >= 0.3 is 6.18 Å². The quantitative estimate of drug-likeness (QED) is 0.276. The molecular formula is C26H26F3NO5. The van der Waals surface area contributed by atoms with E-state index in [9.17, 15) is 27.6 Å². The number of ketones is 3. The summed E-state index contributed by atoms with van der Waals surface area (Å²) in [5, 5.41) is 0. The van der Waals surface area contributed by atoms with Crippen molar-refractivity contribution < 1.29 is 37.0 Å². The summed E-state index contributed by atoms with van der Waals surface area (Å²) in [4.78, 5) is 42.2. The largest absolute Gasteiger partial charge is 0.433 e. The van der Waals surface area contributed by atoms with Crippen molar-refractivity contribution in [1.82, 2.24) is 4.98 Å². The first kappa shape index (κ1) is 25.2. The standard InChI is InChI=1S/C26H26F3NO5/c27-26(28,29)21-10-9-19(25(33)22-23(31)17-7-8-18(13-17)24(22)32)20(30-21)15-35-12-4-11-34-14-16-5-2-1-3-6-16/h1-3,5-6,9-10,17-18,22H,4,7-8,11-15H2. The number of ether oxygens (including phenoxy) is 2. The third-order valence-corrected chi connectivity index (χ3v) is 6.53. The van der Waals surface area contributed by atoms with Gasteiger partial charge in [0.2, 0.25) is 0 Å². The summed E-state index contributed by atoms with van der Waals surface area (Å²) in [6.07, 6.45) is -2.65. The lowest BCUT2D eigenvalue weighted by Gasteiger charge is -2.25. The van der Waals surface area contributed by atoms with Gasteiger partial charge < -0.3 is 9.47 Å². The van der Waals surface area contributed by atoms with Crippen molar-refractivity contribution in [3.05, 3.63) is 65.0 Å². The van der Waals surface area contributed by atoms with E-state index in [0.29, 0.717) is 45.0 Å². The van der Waals surface area contributed by atoms with Crippen molar-refractivity contribution in [2.75, 3.05) is 13.2 Å². The lowest BCUT2D eigenvalue weighted by molar-refractivity contribution is -0.141. The Morgan fingerprint density at radius 3 is 2.17 bits per heavy atom. The summed E-state index contributed by atoms with van der Waals surface area (Å²) in [6.45, 7) is 0.627. The minimum atomic E-state index is -4.71. The molecule has 6 nitrogen and oxygen atoms in total. The van der Waals surface area contributed by atoms with E-state index in [-0.39, 0.29) is 36.3 Å². The number of halogens is 3. The van der Waals surface area contributed by atoms with Crippen molar-refractivity contribution in [3.63, 3.8) is 0 Å². The second kappa shape index (κ2) is 10.8. The van der Waals surface area contributed by atoms with Gasteiger partial charge in [-0.1, -0.05) is 30.3 Å². The van der Waals surface area contributed by atoms with E-state index >= 15 is 0 Å². The van der Waals surface area contributed by atoms with Crippen molar-refractivity contribution in [3.8, 4) is 0 Å². The Morgan fingerprint density at radius 2 is 1.54 bits per heavy atom. The second-order valence-electron chi connectivity index (χ2n) is 8.94. The molecule has 2 aromatic rings. The van der Waals surface area contributed by atoms with Crippen LogP contribution in [0.3, 0.4) is 0 Å². The van der Waals surface area contributed by atoms with E-state index in [1.807, 2.05) is 30.3 Å². The van der Waals surface area contributed by atoms with Gasteiger partial charge in [0.1, 0.15) is 11.6 Å². The molecule has 0 saturated heterocycles. The van der Waals surface area contributed by atoms with Gasteiger partial charge in [-0.3, -0.25) is 14.4 Å². The average Bonchev–Trinajstić information content (AvgIpc) is 3.29. The summed E-state index contributed by atoms with van der Waals surface area (Å²) < 4.78 is 50.8. The SMILES string of the molecule is O=C(c1ccc(C(F)(F)F)nc1COCCCOCc1ccccc1)C1C(=O)C2CCC(C2)C1=O. The third-order valence-electron chi connectivity index (χ3n) is 6.53. The van der Waals surface area contributed by atoms with E-state index in [2.05, 4.69) is 4.98 Å². The zero-order valence-corrected chi connectivity index (χ0v) is 19.1. The fourth-order valence-corrected chi connectivity index (χ4v) is 4.71. The third kappa shape index (κ3) is 5.85. The Kier molecular flexibility index (Phi) is 7.76. The lowest BCUT2D eigenvalue weighted by Crippen LogP contribution is -2.42.